The average molecular weight is 279 g/mol. The summed E-state index contributed by atoms with van der Waals surface area (Å²) in [7, 11) is 0. The van der Waals surface area contributed by atoms with Crippen LogP contribution < -0.4 is 10.1 Å². The van der Waals surface area contributed by atoms with Crippen molar-refractivity contribution in [1.29, 1.82) is 0 Å². The first-order chi connectivity index (χ1) is 9.29. The normalized spacial score (nSPS) is 11.7. The molecule has 20 heavy (non-hydrogen) atoms. The van der Waals surface area contributed by atoms with Crippen LogP contribution in [0.1, 0.15) is 37.5 Å². The minimum Gasteiger partial charge on any atom is -0.491 e. The lowest BCUT2D eigenvalue weighted by molar-refractivity contribution is 0.0982. The fourth-order valence-corrected chi connectivity index (χ4v) is 1.96. The lowest BCUT2D eigenvalue weighted by Gasteiger charge is -2.20. The monoisotopic (exact) mass is 279 g/mol. The summed E-state index contributed by atoms with van der Waals surface area (Å²) in [4.78, 5) is 0. The minimum absolute atomic E-state index is 0.149. The standard InChI is InChI=1S/C17H29NO2/c1-13-11-14(2)15(3)16(12-13)20-10-9-19-8-7-18-17(4,5)6/h11-12,18H,7-10H2,1-6H3. The van der Waals surface area contributed by atoms with Crippen LogP contribution in [-0.4, -0.2) is 31.9 Å². The summed E-state index contributed by atoms with van der Waals surface area (Å²) in [5, 5.41) is 3.39. The molecular formula is C17H29NO2. The van der Waals surface area contributed by atoms with Gasteiger partial charge in [0.25, 0.3) is 0 Å². The molecule has 0 bridgehead atoms. The summed E-state index contributed by atoms with van der Waals surface area (Å²) in [6.45, 7) is 15.6. The molecule has 1 aromatic carbocycles. The first-order valence-corrected chi connectivity index (χ1v) is 7.33. The van der Waals surface area contributed by atoms with Gasteiger partial charge in [0.2, 0.25) is 0 Å². The molecule has 0 amide bonds. The molecule has 0 aliphatic heterocycles. The molecule has 1 rings (SSSR count). The maximum absolute atomic E-state index is 5.80. The fourth-order valence-electron chi connectivity index (χ4n) is 1.96. The number of rotatable bonds is 7. The number of benzene rings is 1. The summed E-state index contributed by atoms with van der Waals surface area (Å²) in [6, 6.07) is 4.26. The van der Waals surface area contributed by atoms with E-state index in [2.05, 4.69) is 59.0 Å². The lowest BCUT2D eigenvalue weighted by atomic mass is 10.1. The third-order valence-corrected chi connectivity index (χ3v) is 3.15. The molecule has 0 aliphatic carbocycles. The molecule has 1 aromatic rings. The van der Waals surface area contributed by atoms with Crippen LogP contribution in [0.25, 0.3) is 0 Å². The van der Waals surface area contributed by atoms with E-state index in [4.69, 9.17) is 9.47 Å². The third-order valence-electron chi connectivity index (χ3n) is 3.15. The Morgan fingerprint density at radius 1 is 1.00 bits per heavy atom. The highest BCUT2D eigenvalue weighted by atomic mass is 16.5. The Morgan fingerprint density at radius 3 is 2.35 bits per heavy atom. The van der Waals surface area contributed by atoms with Gasteiger partial charge in [-0.3, -0.25) is 0 Å². The van der Waals surface area contributed by atoms with Gasteiger partial charge in [-0.1, -0.05) is 6.07 Å². The summed E-state index contributed by atoms with van der Waals surface area (Å²) in [5.74, 6) is 0.971. The summed E-state index contributed by atoms with van der Waals surface area (Å²) in [5.41, 5.74) is 3.87. The molecule has 0 aliphatic rings. The fraction of sp³-hybridized carbons (Fsp3) is 0.647. The van der Waals surface area contributed by atoms with Gasteiger partial charge >= 0.3 is 0 Å². The zero-order valence-electron chi connectivity index (χ0n) is 13.8. The van der Waals surface area contributed by atoms with Crippen LogP contribution in [0.2, 0.25) is 0 Å². The quantitative estimate of drug-likeness (QED) is 0.776. The lowest BCUT2D eigenvalue weighted by Crippen LogP contribution is -2.38. The van der Waals surface area contributed by atoms with Crippen molar-refractivity contribution in [3.8, 4) is 5.75 Å². The molecule has 0 saturated heterocycles. The Labute approximate surface area is 123 Å². The molecule has 0 fully saturated rings. The van der Waals surface area contributed by atoms with Crippen LogP contribution >= 0.6 is 0 Å². The van der Waals surface area contributed by atoms with Crippen LogP contribution in [0.3, 0.4) is 0 Å². The molecule has 1 N–H and O–H groups in total. The first kappa shape index (κ1) is 17.0. The van der Waals surface area contributed by atoms with Gasteiger partial charge in [0.1, 0.15) is 12.4 Å². The van der Waals surface area contributed by atoms with Crippen LogP contribution in [0.15, 0.2) is 12.1 Å². The van der Waals surface area contributed by atoms with Crippen molar-refractivity contribution in [1.82, 2.24) is 5.32 Å². The van der Waals surface area contributed by atoms with Gasteiger partial charge < -0.3 is 14.8 Å². The van der Waals surface area contributed by atoms with Crippen molar-refractivity contribution in [2.45, 2.75) is 47.1 Å². The second-order valence-corrected chi connectivity index (χ2v) is 6.34. The van der Waals surface area contributed by atoms with Gasteiger partial charge in [-0.05, 0) is 64.3 Å². The number of ether oxygens (including phenoxy) is 2. The predicted octanol–water partition coefficient (Wildman–Crippen LogP) is 3.40. The molecule has 3 nitrogen and oxygen atoms in total. The van der Waals surface area contributed by atoms with E-state index in [9.17, 15) is 0 Å². The van der Waals surface area contributed by atoms with Crippen molar-refractivity contribution >= 4 is 0 Å². The van der Waals surface area contributed by atoms with Crippen LogP contribution in [0.5, 0.6) is 5.75 Å². The van der Waals surface area contributed by atoms with Gasteiger partial charge in [-0.25, -0.2) is 0 Å². The van der Waals surface area contributed by atoms with E-state index < -0.39 is 0 Å². The maximum atomic E-state index is 5.80. The highest BCUT2D eigenvalue weighted by molar-refractivity contribution is 5.41. The third kappa shape index (κ3) is 6.40. The topological polar surface area (TPSA) is 30.5 Å². The largest absolute Gasteiger partial charge is 0.491 e. The Balaban J connectivity index is 2.22. The van der Waals surface area contributed by atoms with Gasteiger partial charge in [0, 0.05) is 12.1 Å². The Bertz CT molecular complexity index is 422. The molecule has 0 spiro atoms. The van der Waals surface area contributed by atoms with Crippen molar-refractivity contribution in [2.75, 3.05) is 26.4 Å². The van der Waals surface area contributed by atoms with Crippen LogP contribution in [-0.2, 0) is 4.74 Å². The highest BCUT2D eigenvalue weighted by Gasteiger charge is 2.07. The molecule has 0 radical (unpaired) electrons. The van der Waals surface area contributed by atoms with E-state index in [1.165, 1.54) is 16.7 Å². The Morgan fingerprint density at radius 2 is 1.70 bits per heavy atom. The van der Waals surface area contributed by atoms with Gasteiger partial charge in [-0.2, -0.15) is 0 Å². The number of nitrogens with one attached hydrogen (secondary N) is 1. The number of aryl methyl sites for hydroxylation is 2. The smallest absolute Gasteiger partial charge is 0.122 e. The van der Waals surface area contributed by atoms with E-state index >= 15 is 0 Å². The van der Waals surface area contributed by atoms with E-state index in [0.29, 0.717) is 19.8 Å². The summed E-state index contributed by atoms with van der Waals surface area (Å²) >= 11 is 0. The second-order valence-electron chi connectivity index (χ2n) is 6.34. The maximum Gasteiger partial charge on any atom is 0.122 e. The zero-order chi connectivity index (χ0) is 15.2. The minimum atomic E-state index is 0.149. The van der Waals surface area contributed by atoms with Crippen LogP contribution in [0.4, 0.5) is 0 Å². The molecule has 0 unspecified atom stereocenters. The Hall–Kier alpha value is -1.06. The predicted molar refractivity (Wildman–Crippen MR) is 84.7 cm³/mol. The van der Waals surface area contributed by atoms with Crippen LogP contribution in [0, 0.1) is 20.8 Å². The summed E-state index contributed by atoms with van der Waals surface area (Å²) in [6.07, 6.45) is 0. The molecule has 3 heteroatoms. The molecule has 0 heterocycles. The molecule has 0 saturated carbocycles. The Kier molecular flexibility index (Phi) is 6.50. The van der Waals surface area contributed by atoms with Crippen molar-refractivity contribution < 1.29 is 9.47 Å². The van der Waals surface area contributed by atoms with E-state index in [0.717, 1.165) is 12.3 Å². The molecule has 0 aromatic heterocycles. The van der Waals surface area contributed by atoms with E-state index in [-0.39, 0.29) is 5.54 Å². The van der Waals surface area contributed by atoms with Gasteiger partial charge in [0.15, 0.2) is 0 Å². The van der Waals surface area contributed by atoms with E-state index in [1.54, 1.807) is 0 Å². The van der Waals surface area contributed by atoms with Crippen molar-refractivity contribution in [3.63, 3.8) is 0 Å². The SMILES string of the molecule is Cc1cc(C)c(C)c(OCCOCCNC(C)(C)C)c1. The zero-order valence-corrected chi connectivity index (χ0v) is 13.8. The molecule has 0 atom stereocenters. The van der Waals surface area contributed by atoms with Crippen molar-refractivity contribution in [2.24, 2.45) is 0 Å². The molecular weight excluding hydrogens is 250 g/mol. The summed E-state index contributed by atoms with van der Waals surface area (Å²) < 4.78 is 11.4. The van der Waals surface area contributed by atoms with Gasteiger partial charge in [-0.15, -0.1) is 0 Å². The van der Waals surface area contributed by atoms with Crippen molar-refractivity contribution in [3.05, 3.63) is 28.8 Å². The first-order valence-electron chi connectivity index (χ1n) is 7.33. The average Bonchev–Trinajstić information content (AvgIpc) is 2.32. The number of hydrogen-bond acceptors (Lipinski definition) is 3. The molecule has 114 valence electrons. The van der Waals surface area contributed by atoms with Gasteiger partial charge in [0.05, 0.1) is 13.2 Å². The second kappa shape index (κ2) is 7.65. The highest BCUT2D eigenvalue weighted by Crippen LogP contribution is 2.23. The van der Waals surface area contributed by atoms with E-state index in [1.807, 2.05) is 0 Å². The number of hydrogen-bond donors (Lipinski definition) is 1.